The highest BCUT2D eigenvalue weighted by molar-refractivity contribution is 5.89. The normalized spacial score (nSPS) is 31.4. The number of aliphatic carboxylic acids is 1. The number of amides is 2. The van der Waals surface area contributed by atoms with Gasteiger partial charge in [0.25, 0.3) is 0 Å². The van der Waals surface area contributed by atoms with Gasteiger partial charge in [-0.15, -0.1) is 0 Å². The van der Waals surface area contributed by atoms with Gasteiger partial charge in [0.1, 0.15) is 6.04 Å². The first-order chi connectivity index (χ1) is 9.08. The number of nitrogens with one attached hydrogen (secondary N) is 2. The Kier molecular flexibility index (Phi) is 4.39. The van der Waals surface area contributed by atoms with Gasteiger partial charge in [-0.1, -0.05) is 0 Å². The second kappa shape index (κ2) is 6.04. The highest BCUT2D eigenvalue weighted by Gasteiger charge is 2.35. The van der Waals surface area contributed by atoms with Crippen LogP contribution in [0.15, 0.2) is 0 Å². The van der Waals surface area contributed by atoms with Crippen molar-refractivity contribution < 1.29 is 19.5 Å². The summed E-state index contributed by atoms with van der Waals surface area (Å²) in [6.45, 7) is 0.662. The Hall–Kier alpha value is -1.59. The second-order valence-electron chi connectivity index (χ2n) is 5.39. The Balaban J connectivity index is 1.87. The number of carboxylic acids is 1. The second-order valence-corrected chi connectivity index (χ2v) is 5.39. The van der Waals surface area contributed by atoms with Gasteiger partial charge in [-0.25, -0.2) is 0 Å². The number of carboxylic acid groups (broad SMARTS) is 1. The summed E-state index contributed by atoms with van der Waals surface area (Å²) in [5.74, 6) is -1.82. The zero-order valence-corrected chi connectivity index (χ0v) is 10.9. The van der Waals surface area contributed by atoms with Crippen molar-refractivity contribution in [2.24, 2.45) is 11.8 Å². The van der Waals surface area contributed by atoms with Gasteiger partial charge in [0.15, 0.2) is 0 Å². The SMILES string of the molecule is O=C1NCCCCC1NC(=O)[C@@H]1CC[C@H](C(=O)O)C1. The summed E-state index contributed by atoms with van der Waals surface area (Å²) in [6.07, 6.45) is 4.03. The largest absolute Gasteiger partial charge is 0.481 e. The smallest absolute Gasteiger partial charge is 0.306 e. The topological polar surface area (TPSA) is 95.5 Å². The van der Waals surface area contributed by atoms with Crippen molar-refractivity contribution in [3.05, 3.63) is 0 Å². The van der Waals surface area contributed by atoms with Crippen LogP contribution in [0, 0.1) is 11.8 Å². The predicted molar refractivity (Wildman–Crippen MR) is 67.3 cm³/mol. The van der Waals surface area contributed by atoms with Crippen LogP contribution in [0.4, 0.5) is 0 Å². The van der Waals surface area contributed by atoms with Crippen molar-refractivity contribution in [2.75, 3.05) is 6.54 Å². The summed E-state index contributed by atoms with van der Waals surface area (Å²) in [6, 6.07) is -0.459. The maximum atomic E-state index is 12.1. The van der Waals surface area contributed by atoms with Crippen LogP contribution in [0.2, 0.25) is 0 Å². The molecule has 0 aromatic heterocycles. The Labute approximate surface area is 111 Å². The van der Waals surface area contributed by atoms with Gasteiger partial charge in [0.2, 0.25) is 11.8 Å². The summed E-state index contributed by atoms with van der Waals surface area (Å²) in [4.78, 5) is 34.6. The van der Waals surface area contributed by atoms with Gasteiger partial charge in [0.05, 0.1) is 5.92 Å². The van der Waals surface area contributed by atoms with Crippen LogP contribution < -0.4 is 10.6 Å². The molecule has 3 atom stereocenters. The third-order valence-electron chi connectivity index (χ3n) is 4.00. The molecular formula is C13H20N2O4. The molecule has 1 unspecified atom stereocenters. The van der Waals surface area contributed by atoms with Crippen LogP contribution in [0.1, 0.15) is 38.5 Å². The lowest BCUT2D eigenvalue weighted by Crippen LogP contribution is -2.47. The first-order valence-corrected chi connectivity index (χ1v) is 6.89. The van der Waals surface area contributed by atoms with Gasteiger partial charge in [-0.05, 0) is 38.5 Å². The number of carbonyl (C=O) groups excluding carboxylic acids is 2. The quantitative estimate of drug-likeness (QED) is 0.684. The van der Waals surface area contributed by atoms with Crippen LogP contribution in [0.5, 0.6) is 0 Å². The molecule has 1 aliphatic carbocycles. The zero-order valence-electron chi connectivity index (χ0n) is 10.9. The number of hydrogen-bond acceptors (Lipinski definition) is 3. The first kappa shape index (κ1) is 13.8. The molecule has 6 heteroatoms. The maximum absolute atomic E-state index is 12.1. The standard InChI is InChI=1S/C13H20N2O4/c16-11(8-4-5-9(7-8)13(18)19)15-10-3-1-2-6-14-12(10)17/h8-10H,1-7H2,(H,14,17)(H,15,16)(H,18,19)/t8-,9+,10?/m1/s1. The molecule has 0 radical (unpaired) electrons. The van der Waals surface area contributed by atoms with Gasteiger partial charge in [-0.3, -0.25) is 14.4 Å². The van der Waals surface area contributed by atoms with Crippen molar-refractivity contribution in [3.63, 3.8) is 0 Å². The minimum atomic E-state index is -0.831. The lowest BCUT2D eigenvalue weighted by Gasteiger charge is -2.18. The number of rotatable bonds is 3. The molecule has 0 aromatic rings. The Morgan fingerprint density at radius 1 is 1.16 bits per heavy atom. The van der Waals surface area contributed by atoms with E-state index in [1.54, 1.807) is 0 Å². The van der Waals surface area contributed by atoms with E-state index in [0.29, 0.717) is 32.2 Å². The fourth-order valence-corrected chi connectivity index (χ4v) is 2.81. The highest BCUT2D eigenvalue weighted by atomic mass is 16.4. The average Bonchev–Trinajstić information content (AvgIpc) is 2.78. The zero-order chi connectivity index (χ0) is 13.8. The summed E-state index contributed by atoms with van der Waals surface area (Å²) in [7, 11) is 0. The predicted octanol–water partition coefficient (Wildman–Crippen LogP) is 0.272. The molecular weight excluding hydrogens is 248 g/mol. The Bertz CT molecular complexity index is 383. The van der Waals surface area contributed by atoms with Crippen LogP contribution >= 0.6 is 0 Å². The van der Waals surface area contributed by atoms with E-state index in [1.807, 2.05) is 0 Å². The molecule has 2 aliphatic rings. The average molecular weight is 268 g/mol. The fourth-order valence-electron chi connectivity index (χ4n) is 2.81. The van der Waals surface area contributed by atoms with Crippen LogP contribution in [0.25, 0.3) is 0 Å². The Morgan fingerprint density at radius 3 is 2.58 bits per heavy atom. The molecule has 1 saturated carbocycles. The summed E-state index contributed by atoms with van der Waals surface area (Å²) >= 11 is 0. The Morgan fingerprint density at radius 2 is 1.89 bits per heavy atom. The van der Waals surface area contributed by atoms with Crippen LogP contribution in [-0.2, 0) is 14.4 Å². The van der Waals surface area contributed by atoms with Crippen molar-refractivity contribution in [3.8, 4) is 0 Å². The molecule has 6 nitrogen and oxygen atoms in total. The number of carbonyl (C=O) groups is 3. The van der Waals surface area contributed by atoms with Gasteiger partial charge in [-0.2, -0.15) is 0 Å². The molecule has 106 valence electrons. The molecule has 19 heavy (non-hydrogen) atoms. The molecule has 0 spiro atoms. The van der Waals surface area contributed by atoms with E-state index >= 15 is 0 Å². The van der Waals surface area contributed by atoms with Crippen LogP contribution in [0.3, 0.4) is 0 Å². The number of hydrogen-bond donors (Lipinski definition) is 3. The molecule has 1 heterocycles. The van der Waals surface area contributed by atoms with E-state index in [1.165, 1.54) is 0 Å². The van der Waals surface area contributed by atoms with E-state index in [-0.39, 0.29) is 17.7 Å². The summed E-state index contributed by atoms with van der Waals surface area (Å²) in [5, 5.41) is 14.5. The molecule has 2 fully saturated rings. The van der Waals surface area contributed by atoms with E-state index in [9.17, 15) is 14.4 Å². The van der Waals surface area contributed by atoms with Crippen molar-refractivity contribution >= 4 is 17.8 Å². The van der Waals surface area contributed by atoms with Crippen LogP contribution in [-0.4, -0.2) is 35.5 Å². The van der Waals surface area contributed by atoms with E-state index in [2.05, 4.69) is 10.6 Å². The fraction of sp³-hybridized carbons (Fsp3) is 0.769. The molecule has 1 saturated heterocycles. The lowest BCUT2D eigenvalue weighted by molar-refractivity contribution is -0.141. The van der Waals surface area contributed by atoms with Crippen molar-refractivity contribution in [2.45, 2.75) is 44.6 Å². The minimum absolute atomic E-state index is 0.126. The van der Waals surface area contributed by atoms with Crippen molar-refractivity contribution in [1.82, 2.24) is 10.6 Å². The van der Waals surface area contributed by atoms with Crippen molar-refractivity contribution in [1.29, 1.82) is 0 Å². The molecule has 2 rings (SSSR count). The molecule has 1 aliphatic heterocycles. The summed E-state index contributed by atoms with van der Waals surface area (Å²) in [5.41, 5.74) is 0. The monoisotopic (exact) mass is 268 g/mol. The minimum Gasteiger partial charge on any atom is -0.481 e. The van der Waals surface area contributed by atoms with Gasteiger partial charge >= 0.3 is 5.97 Å². The molecule has 3 N–H and O–H groups in total. The maximum Gasteiger partial charge on any atom is 0.306 e. The molecule has 0 aromatic carbocycles. The van der Waals surface area contributed by atoms with E-state index < -0.39 is 17.9 Å². The third-order valence-corrected chi connectivity index (χ3v) is 4.00. The first-order valence-electron chi connectivity index (χ1n) is 6.89. The van der Waals surface area contributed by atoms with Gasteiger partial charge in [0, 0.05) is 12.5 Å². The van der Waals surface area contributed by atoms with E-state index in [4.69, 9.17) is 5.11 Å². The molecule has 0 bridgehead atoms. The lowest BCUT2D eigenvalue weighted by atomic mass is 10.0. The van der Waals surface area contributed by atoms with E-state index in [0.717, 1.165) is 12.8 Å². The van der Waals surface area contributed by atoms with Gasteiger partial charge < -0.3 is 15.7 Å². The highest BCUT2D eigenvalue weighted by Crippen LogP contribution is 2.31. The third kappa shape index (κ3) is 3.45. The molecule has 2 amide bonds. The summed E-state index contributed by atoms with van der Waals surface area (Å²) < 4.78 is 0.